The summed E-state index contributed by atoms with van der Waals surface area (Å²) < 4.78 is 19.0. The third-order valence-corrected chi connectivity index (χ3v) is 4.73. The molecule has 0 saturated carbocycles. The van der Waals surface area contributed by atoms with E-state index in [1.807, 2.05) is 19.1 Å². The van der Waals surface area contributed by atoms with Gasteiger partial charge in [0, 0.05) is 31.9 Å². The first-order valence-corrected chi connectivity index (χ1v) is 8.59. The van der Waals surface area contributed by atoms with E-state index in [0.29, 0.717) is 11.3 Å². The Kier molecular flexibility index (Phi) is 5.50. The predicted molar refractivity (Wildman–Crippen MR) is 94.8 cm³/mol. The summed E-state index contributed by atoms with van der Waals surface area (Å²) in [6.45, 7) is 7.79. The number of hydrogen-bond donors (Lipinski definition) is 1. The Morgan fingerprint density at radius 2 is 2.04 bits per heavy atom. The molecule has 1 fully saturated rings. The van der Waals surface area contributed by atoms with Gasteiger partial charge in [-0.05, 0) is 43.7 Å². The maximum atomic E-state index is 13.6. The molecule has 5 nitrogen and oxygen atoms in total. The molecule has 1 aliphatic rings. The number of hydrogen-bond acceptors (Lipinski definition) is 4. The van der Waals surface area contributed by atoms with Gasteiger partial charge in [-0.2, -0.15) is 0 Å². The normalized spacial score (nSPS) is 17.4. The number of carbonyl (C=O) groups excluding carboxylic acids is 1. The van der Waals surface area contributed by atoms with Crippen LogP contribution in [0.1, 0.15) is 18.2 Å². The molecule has 1 aromatic carbocycles. The van der Waals surface area contributed by atoms with Crippen molar-refractivity contribution in [3.8, 4) is 0 Å². The van der Waals surface area contributed by atoms with Gasteiger partial charge < -0.3 is 9.73 Å². The van der Waals surface area contributed by atoms with Gasteiger partial charge in [0.2, 0.25) is 5.91 Å². The zero-order valence-electron chi connectivity index (χ0n) is 14.7. The lowest BCUT2D eigenvalue weighted by molar-refractivity contribution is -0.121. The number of halogens is 1. The summed E-state index contributed by atoms with van der Waals surface area (Å²) in [6, 6.07) is 8.37. The molecule has 2 heterocycles. The molecule has 0 unspecified atom stereocenters. The Morgan fingerprint density at radius 3 is 2.68 bits per heavy atom. The number of furan rings is 1. The predicted octanol–water partition coefficient (Wildman–Crippen LogP) is 2.87. The van der Waals surface area contributed by atoms with Crippen molar-refractivity contribution in [2.24, 2.45) is 0 Å². The molecular formula is C19H24FN3O2. The second-order valence-electron chi connectivity index (χ2n) is 6.52. The average molecular weight is 345 g/mol. The molecule has 3 rings (SSSR count). The maximum Gasteiger partial charge on any atom is 0.241 e. The van der Waals surface area contributed by atoms with E-state index in [0.717, 1.165) is 38.5 Å². The summed E-state index contributed by atoms with van der Waals surface area (Å²) in [4.78, 5) is 16.9. The first-order chi connectivity index (χ1) is 12.0. The number of nitrogens with zero attached hydrogens (tertiary/aromatic N) is 2. The SMILES string of the molecule is Cc1ccc(NC(=O)[C@@H](C)N2CCN(Cc3ccco3)CC2)cc1F. The van der Waals surface area contributed by atoms with Gasteiger partial charge in [0.15, 0.2) is 0 Å². The van der Waals surface area contributed by atoms with E-state index in [1.54, 1.807) is 25.3 Å². The molecule has 0 bridgehead atoms. The first kappa shape index (κ1) is 17.6. The van der Waals surface area contributed by atoms with Gasteiger partial charge in [-0.1, -0.05) is 6.07 Å². The van der Waals surface area contributed by atoms with Gasteiger partial charge in [-0.15, -0.1) is 0 Å². The number of aryl methyl sites for hydroxylation is 1. The molecule has 1 aliphatic heterocycles. The zero-order valence-corrected chi connectivity index (χ0v) is 14.7. The minimum atomic E-state index is -0.308. The molecule has 0 aliphatic carbocycles. The van der Waals surface area contributed by atoms with Gasteiger partial charge in [0.25, 0.3) is 0 Å². The molecule has 1 N–H and O–H groups in total. The van der Waals surface area contributed by atoms with Gasteiger partial charge in [0.1, 0.15) is 11.6 Å². The van der Waals surface area contributed by atoms with Crippen LogP contribution >= 0.6 is 0 Å². The standard InChI is InChI=1S/C19H24FN3O2/c1-14-5-6-16(12-18(14)20)21-19(24)15(2)23-9-7-22(8-10-23)13-17-4-3-11-25-17/h3-6,11-12,15H,7-10,13H2,1-2H3,(H,21,24)/t15-/m1/s1. The van der Waals surface area contributed by atoms with Gasteiger partial charge in [0.05, 0.1) is 18.8 Å². The molecule has 25 heavy (non-hydrogen) atoms. The van der Waals surface area contributed by atoms with E-state index in [2.05, 4.69) is 15.1 Å². The number of rotatable bonds is 5. The van der Waals surface area contributed by atoms with E-state index in [9.17, 15) is 9.18 Å². The number of benzene rings is 1. The van der Waals surface area contributed by atoms with E-state index < -0.39 is 0 Å². The van der Waals surface area contributed by atoms with Crippen molar-refractivity contribution in [1.29, 1.82) is 0 Å². The molecule has 134 valence electrons. The van der Waals surface area contributed by atoms with E-state index in [1.165, 1.54) is 6.07 Å². The number of amides is 1. The zero-order chi connectivity index (χ0) is 17.8. The molecule has 1 amide bonds. The topological polar surface area (TPSA) is 48.7 Å². The molecule has 1 saturated heterocycles. The van der Waals surface area contributed by atoms with Crippen LogP contribution < -0.4 is 5.32 Å². The Morgan fingerprint density at radius 1 is 1.28 bits per heavy atom. The fraction of sp³-hybridized carbons (Fsp3) is 0.421. The molecule has 2 aromatic rings. The number of nitrogens with one attached hydrogen (secondary N) is 1. The minimum Gasteiger partial charge on any atom is -0.468 e. The number of piperazine rings is 1. The lowest BCUT2D eigenvalue weighted by Crippen LogP contribution is -2.52. The third kappa shape index (κ3) is 4.46. The van der Waals surface area contributed by atoms with Crippen molar-refractivity contribution >= 4 is 11.6 Å². The van der Waals surface area contributed by atoms with Crippen molar-refractivity contribution in [2.75, 3.05) is 31.5 Å². The van der Waals surface area contributed by atoms with Crippen LogP contribution in [0.4, 0.5) is 10.1 Å². The molecule has 1 aromatic heterocycles. The lowest BCUT2D eigenvalue weighted by atomic mass is 10.2. The fourth-order valence-corrected chi connectivity index (χ4v) is 3.01. The summed E-state index contributed by atoms with van der Waals surface area (Å²) in [5.74, 6) is 0.542. The lowest BCUT2D eigenvalue weighted by Gasteiger charge is -2.37. The van der Waals surface area contributed by atoms with Crippen LogP contribution in [0.25, 0.3) is 0 Å². The van der Waals surface area contributed by atoms with E-state index in [-0.39, 0.29) is 17.8 Å². The Bertz CT molecular complexity index is 709. The average Bonchev–Trinajstić information content (AvgIpc) is 3.11. The third-order valence-electron chi connectivity index (χ3n) is 4.73. The Balaban J connectivity index is 1.50. The van der Waals surface area contributed by atoms with Crippen molar-refractivity contribution in [3.05, 3.63) is 53.7 Å². The summed E-state index contributed by atoms with van der Waals surface area (Å²) in [6.07, 6.45) is 1.69. The van der Waals surface area contributed by atoms with E-state index >= 15 is 0 Å². The van der Waals surface area contributed by atoms with Crippen LogP contribution in [0, 0.1) is 12.7 Å². The molecule has 1 atom stereocenters. The van der Waals surface area contributed by atoms with Gasteiger partial charge >= 0.3 is 0 Å². The van der Waals surface area contributed by atoms with Crippen LogP contribution in [0.5, 0.6) is 0 Å². The molecule has 0 radical (unpaired) electrons. The van der Waals surface area contributed by atoms with Crippen molar-refractivity contribution in [2.45, 2.75) is 26.4 Å². The summed E-state index contributed by atoms with van der Waals surface area (Å²) >= 11 is 0. The highest BCUT2D eigenvalue weighted by atomic mass is 19.1. The van der Waals surface area contributed by atoms with Gasteiger partial charge in [-0.3, -0.25) is 14.6 Å². The largest absolute Gasteiger partial charge is 0.468 e. The Hall–Kier alpha value is -2.18. The molecule has 6 heteroatoms. The quantitative estimate of drug-likeness (QED) is 0.905. The summed E-state index contributed by atoms with van der Waals surface area (Å²) in [7, 11) is 0. The van der Waals surface area contributed by atoms with Crippen molar-refractivity contribution in [3.63, 3.8) is 0 Å². The monoisotopic (exact) mass is 345 g/mol. The van der Waals surface area contributed by atoms with Crippen LogP contribution in [0.15, 0.2) is 41.0 Å². The number of carbonyl (C=O) groups is 1. The minimum absolute atomic E-state index is 0.109. The highest BCUT2D eigenvalue weighted by molar-refractivity contribution is 5.94. The van der Waals surface area contributed by atoms with Crippen LogP contribution in [-0.4, -0.2) is 47.9 Å². The summed E-state index contributed by atoms with van der Waals surface area (Å²) in [5, 5.41) is 2.81. The second-order valence-corrected chi connectivity index (χ2v) is 6.52. The van der Waals surface area contributed by atoms with Gasteiger partial charge in [-0.25, -0.2) is 4.39 Å². The number of anilines is 1. The second kappa shape index (κ2) is 7.80. The van der Waals surface area contributed by atoms with Crippen molar-refractivity contribution in [1.82, 2.24) is 9.80 Å². The van der Waals surface area contributed by atoms with Crippen LogP contribution in [0.2, 0.25) is 0 Å². The highest BCUT2D eigenvalue weighted by Crippen LogP contribution is 2.16. The molecule has 0 spiro atoms. The highest BCUT2D eigenvalue weighted by Gasteiger charge is 2.26. The fourth-order valence-electron chi connectivity index (χ4n) is 3.01. The molecular weight excluding hydrogens is 321 g/mol. The van der Waals surface area contributed by atoms with Crippen LogP contribution in [-0.2, 0) is 11.3 Å². The van der Waals surface area contributed by atoms with E-state index in [4.69, 9.17) is 4.42 Å². The Labute approximate surface area is 147 Å². The maximum absolute atomic E-state index is 13.6. The van der Waals surface area contributed by atoms with Crippen LogP contribution in [0.3, 0.4) is 0 Å². The summed E-state index contributed by atoms with van der Waals surface area (Å²) in [5.41, 5.74) is 1.06. The first-order valence-electron chi connectivity index (χ1n) is 8.59. The van der Waals surface area contributed by atoms with Crippen molar-refractivity contribution < 1.29 is 13.6 Å². The smallest absolute Gasteiger partial charge is 0.241 e.